The number of hydrogen-bond donors (Lipinski definition) is 2. The Morgan fingerprint density at radius 1 is 1.36 bits per heavy atom. The van der Waals surface area contributed by atoms with Crippen LogP contribution < -0.4 is 5.73 Å². The highest BCUT2D eigenvalue weighted by atomic mass is 19.3. The minimum atomic E-state index is -2.57. The Balaban J connectivity index is 2.84. The summed E-state index contributed by atoms with van der Waals surface area (Å²) in [4.78, 5) is 0. The number of phenols is 1. The zero-order valence-corrected chi connectivity index (χ0v) is 7.25. The fraction of sp³-hybridized carbons (Fsp3) is 0.333. The number of halogens is 3. The molecule has 5 heteroatoms. The van der Waals surface area contributed by atoms with Crippen molar-refractivity contribution in [1.82, 2.24) is 0 Å². The summed E-state index contributed by atoms with van der Waals surface area (Å²) in [6, 6.07) is 2.22. The molecule has 1 rings (SSSR count). The normalized spacial score (nSPS) is 13.2. The van der Waals surface area contributed by atoms with Crippen LogP contribution >= 0.6 is 0 Å². The van der Waals surface area contributed by atoms with E-state index >= 15 is 0 Å². The average Bonchev–Trinajstić information content (AvgIpc) is 2.01. The predicted octanol–water partition coefficient (Wildman–Crippen LogP) is 2.19. The Kier molecular flexibility index (Phi) is 3.35. The second kappa shape index (κ2) is 4.32. The summed E-state index contributed by atoms with van der Waals surface area (Å²) in [5, 5.41) is 8.87. The largest absolute Gasteiger partial charge is 0.508 e. The van der Waals surface area contributed by atoms with Crippen molar-refractivity contribution in [2.24, 2.45) is 5.73 Å². The highest BCUT2D eigenvalue weighted by molar-refractivity contribution is 5.29. The number of nitrogens with two attached hydrogens (primary N) is 1. The van der Waals surface area contributed by atoms with E-state index in [-0.39, 0.29) is 11.3 Å². The van der Waals surface area contributed by atoms with Gasteiger partial charge in [0, 0.05) is 24.1 Å². The number of alkyl halides is 2. The van der Waals surface area contributed by atoms with Crippen molar-refractivity contribution in [2.45, 2.75) is 18.9 Å². The van der Waals surface area contributed by atoms with Crippen molar-refractivity contribution in [3.05, 3.63) is 29.6 Å². The molecular weight excluding hydrogens is 195 g/mol. The van der Waals surface area contributed by atoms with Gasteiger partial charge in [0.2, 0.25) is 6.43 Å². The Hall–Kier alpha value is -1.23. The Labute approximate surface area is 79.2 Å². The van der Waals surface area contributed by atoms with Crippen LogP contribution in [-0.2, 0) is 0 Å². The van der Waals surface area contributed by atoms with Crippen molar-refractivity contribution in [3.8, 4) is 5.75 Å². The Morgan fingerprint density at radius 2 is 2.00 bits per heavy atom. The lowest BCUT2D eigenvalue weighted by Gasteiger charge is -2.12. The van der Waals surface area contributed by atoms with E-state index in [1.165, 1.54) is 12.1 Å². The standard InChI is InChI=1S/C9H10F3NO/c10-7-3-5(14)1-2-6(7)8(13)4-9(11)12/h1-3,8-9,14H,4,13H2/t8-/m0/s1. The maximum absolute atomic E-state index is 13.1. The third-order valence-corrected chi connectivity index (χ3v) is 1.82. The van der Waals surface area contributed by atoms with Gasteiger partial charge in [0.25, 0.3) is 0 Å². The molecule has 0 saturated heterocycles. The van der Waals surface area contributed by atoms with Crippen molar-refractivity contribution in [3.63, 3.8) is 0 Å². The van der Waals surface area contributed by atoms with Crippen LogP contribution in [0.5, 0.6) is 5.75 Å². The summed E-state index contributed by atoms with van der Waals surface area (Å²) in [7, 11) is 0. The number of hydrogen-bond acceptors (Lipinski definition) is 2. The lowest BCUT2D eigenvalue weighted by atomic mass is 10.0. The molecule has 0 radical (unpaired) electrons. The number of benzene rings is 1. The second-order valence-corrected chi connectivity index (χ2v) is 2.94. The first kappa shape index (κ1) is 10.8. The molecule has 0 fully saturated rings. The maximum Gasteiger partial charge on any atom is 0.240 e. The average molecular weight is 205 g/mol. The van der Waals surface area contributed by atoms with Crippen molar-refractivity contribution >= 4 is 0 Å². The second-order valence-electron chi connectivity index (χ2n) is 2.94. The van der Waals surface area contributed by atoms with Crippen molar-refractivity contribution in [1.29, 1.82) is 0 Å². The van der Waals surface area contributed by atoms with Gasteiger partial charge in [-0.3, -0.25) is 0 Å². The molecule has 3 N–H and O–H groups in total. The molecule has 0 aliphatic carbocycles. The van der Waals surface area contributed by atoms with Gasteiger partial charge in [0.05, 0.1) is 0 Å². The van der Waals surface area contributed by atoms with Gasteiger partial charge in [-0.1, -0.05) is 6.07 Å². The molecule has 1 atom stereocenters. The topological polar surface area (TPSA) is 46.2 Å². The third kappa shape index (κ3) is 2.63. The summed E-state index contributed by atoms with van der Waals surface area (Å²) in [6.07, 6.45) is -3.17. The molecule has 0 bridgehead atoms. The van der Waals surface area contributed by atoms with E-state index in [1.54, 1.807) is 0 Å². The van der Waals surface area contributed by atoms with Gasteiger partial charge in [-0.15, -0.1) is 0 Å². The summed E-state index contributed by atoms with van der Waals surface area (Å²) >= 11 is 0. The summed E-state index contributed by atoms with van der Waals surface area (Å²) in [5.41, 5.74) is 5.33. The molecule has 0 aliphatic rings. The first-order valence-corrected chi connectivity index (χ1v) is 4.03. The molecular formula is C9H10F3NO. The summed E-state index contributed by atoms with van der Waals surface area (Å²) in [5.74, 6) is -1.02. The van der Waals surface area contributed by atoms with Crippen molar-refractivity contribution in [2.75, 3.05) is 0 Å². The highest BCUT2D eigenvalue weighted by Crippen LogP contribution is 2.23. The fourth-order valence-electron chi connectivity index (χ4n) is 1.14. The fourth-order valence-corrected chi connectivity index (χ4v) is 1.14. The van der Waals surface area contributed by atoms with E-state index in [1.807, 2.05) is 0 Å². The molecule has 0 spiro atoms. The van der Waals surface area contributed by atoms with E-state index in [4.69, 9.17) is 10.8 Å². The van der Waals surface area contributed by atoms with Gasteiger partial charge in [0.15, 0.2) is 0 Å². The molecule has 0 saturated carbocycles. The van der Waals surface area contributed by atoms with E-state index in [0.29, 0.717) is 0 Å². The van der Waals surface area contributed by atoms with Crippen LogP contribution in [0, 0.1) is 5.82 Å². The molecule has 1 aromatic carbocycles. The lowest BCUT2D eigenvalue weighted by Crippen LogP contribution is -2.15. The monoisotopic (exact) mass is 205 g/mol. The molecule has 14 heavy (non-hydrogen) atoms. The highest BCUT2D eigenvalue weighted by Gasteiger charge is 2.16. The maximum atomic E-state index is 13.1. The molecule has 0 aromatic heterocycles. The van der Waals surface area contributed by atoms with E-state index in [0.717, 1.165) is 6.07 Å². The van der Waals surface area contributed by atoms with Crippen LogP contribution in [0.2, 0.25) is 0 Å². The lowest BCUT2D eigenvalue weighted by molar-refractivity contribution is 0.128. The molecule has 78 valence electrons. The zero-order valence-electron chi connectivity index (χ0n) is 7.25. The molecule has 0 unspecified atom stereocenters. The predicted molar refractivity (Wildman–Crippen MR) is 45.6 cm³/mol. The molecule has 0 amide bonds. The molecule has 0 aliphatic heterocycles. The van der Waals surface area contributed by atoms with Crippen LogP contribution in [0.3, 0.4) is 0 Å². The SMILES string of the molecule is N[C@@H](CC(F)F)c1ccc(O)cc1F. The minimum absolute atomic E-state index is 0.0110. The van der Waals surface area contributed by atoms with E-state index in [2.05, 4.69) is 0 Å². The van der Waals surface area contributed by atoms with Gasteiger partial charge in [-0.25, -0.2) is 13.2 Å². The van der Waals surface area contributed by atoms with E-state index in [9.17, 15) is 13.2 Å². The van der Waals surface area contributed by atoms with Crippen LogP contribution in [0.4, 0.5) is 13.2 Å². The number of rotatable bonds is 3. The van der Waals surface area contributed by atoms with Crippen LogP contribution in [0.15, 0.2) is 18.2 Å². The first-order chi connectivity index (χ1) is 6.50. The van der Waals surface area contributed by atoms with Gasteiger partial charge >= 0.3 is 0 Å². The Morgan fingerprint density at radius 3 is 2.50 bits per heavy atom. The van der Waals surface area contributed by atoms with Gasteiger partial charge in [-0.2, -0.15) is 0 Å². The van der Waals surface area contributed by atoms with Crippen LogP contribution in [0.1, 0.15) is 18.0 Å². The molecule has 2 nitrogen and oxygen atoms in total. The smallest absolute Gasteiger partial charge is 0.240 e. The van der Waals surface area contributed by atoms with Gasteiger partial charge in [0.1, 0.15) is 11.6 Å². The van der Waals surface area contributed by atoms with Crippen LogP contribution in [-0.4, -0.2) is 11.5 Å². The molecule has 0 heterocycles. The number of phenolic OH excluding ortho intramolecular Hbond substituents is 1. The third-order valence-electron chi connectivity index (χ3n) is 1.82. The van der Waals surface area contributed by atoms with Crippen molar-refractivity contribution < 1.29 is 18.3 Å². The Bertz CT molecular complexity index is 317. The summed E-state index contributed by atoms with van der Waals surface area (Å²) < 4.78 is 36.9. The zero-order chi connectivity index (χ0) is 10.7. The summed E-state index contributed by atoms with van der Waals surface area (Å²) in [6.45, 7) is 0. The van der Waals surface area contributed by atoms with E-state index < -0.39 is 24.7 Å². The molecule has 1 aromatic rings. The minimum Gasteiger partial charge on any atom is -0.508 e. The van der Waals surface area contributed by atoms with Crippen LogP contribution in [0.25, 0.3) is 0 Å². The quantitative estimate of drug-likeness (QED) is 0.794. The number of aromatic hydroxyl groups is 1. The van der Waals surface area contributed by atoms with Gasteiger partial charge < -0.3 is 10.8 Å². The first-order valence-electron chi connectivity index (χ1n) is 4.03. The van der Waals surface area contributed by atoms with Gasteiger partial charge in [-0.05, 0) is 6.07 Å².